The van der Waals surface area contributed by atoms with Gasteiger partial charge in [0.2, 0.25) is 5.91 Å². The summed E-state index contributed by atoms with van der Waals surface area (Å²) < 4.78 is 29.3. The summed E-state index contributed by atoms with van der Waals surface area (Å²) in [6.07, 6.45) is 8.25. The summed E-state index contributed by atoms with van der Waals surface area (Å²) in [5.41, 5.74) is 7.96. The van der Waals surface area contributed by atoms with Crippen molar-refractivity contribution in [2.75, 3.05) is 64.6 Å². The summed E-state index contributed by atoms with van der Waals surface area (Å²) >= 11 is 0. The molecule has 0 radical (unpaired) electrons. The first kappa shape index (κ1) is 47.8. The van der Waals surface area contributed by atoms with Crippen molar-refractivity contribution in [1.82, 2.24) is 24.0 Å². The number of nitrogens with zero attached hydrogens (tertiary/aromatic N) is 8. The van der Waals surface area contributed by atoms with E-state index in [2.05, 4.69) is 62.2 Å². The molecule has 0 bridgehead atoms. The first-order valence-electron chi connectivity index (χ1n) is 24.0. The zero-order valence-electron chi connectivity index (χ0n) is 40.7. The van der Waals surface area contributed by atoms with E-state index in [0.717, 1.165) is 75.3 Å². The highest BCUT2D eigenvalue weighted by molar-refractivity contribution is 7.92. The number of amides is 2. The molecule has 2 saturated heterocycles. The molecule has 6 heterocycles. The van der Waals surface area contributed by atoms with Gasteiger partial charge in [-0.2, -0.15) is 0 Å². The molecule has 1 aliphatic carbocycles. The number of aryl methyl sites for hydroxylation is 2. The first-order chi connectivity index (χ1) is 32.9. The Morgan fingerprint density at radius 3 is 2.46 bits per heavy atom. The minimum absolute atomic E-state index is 0.0366. The van der Waals surface area contributed by atoms with Crippen molar-refractivity contribution in [1.29, 1.82) is 0 Å². The Labute approximate surface area is 404 Å². The first-order valence-corrected chi connectivity index (χ1v) is 25.6. The van der Waals surface area contributed by atoms with Gasteiger partial charge in [0.15, 0.2) is 15.7 Å². The third-order valence-electron chi connectivity index (χ3n) is 14.5. The number of fused-ring (bicyclic) bond motifs is 3. The topological polar surface area (TPSA) is 178 Å². The molecule has 2 fully saturated rings. The maximum Gasteiger partial charge on any atom is 0.293 e. The summed E-state index contributed by atoms with van der Waals surface area (Å²) in [6, 6.07) is 15.6. The molecule has 0 spiro atoms. The Bertz CT molecular complexity index is 3020. The quantitative estimate of drug-likeness (QED) is 0.117. The van der Waals surface area contributed by atoms with Crippen LogP contribution in [-0.4, -0.2) is 106 Å². The van der Waals surface area contributed by atoms with E-state index in [0.29, 0.717) is 63.7 Å². The molecule has 364 valence electrons. The van der Waals surface area contributed by atoms with Crippen LogP contribution in [0.4, 0.5) is 34.4 Å². The average Bonchev–Trinajstić information content (AvgIpc) is 3.82. The third-order valence-corrected chi connectivity index (χ3v) is 16.8. The molecule has 2 aromatic carbocycles. The van der Waals surface area contributed by atoms with Gasteiger partial charge in [-0.05, 0) is 125 Å². The van der Waals surface area contributed by atoms with E-state index in [1.165, 1.54) is 21.9 Å². The molecule has 3 aromatic heterocycles. The van der Waals surface area contributed by atoms with Crippen LogP contribution in [0, 0.1) is 12.3 Å². The van der Waals surface area contributed by atoms with Crippen molar-refractivity contribution in [3.63, 3.8) is 0 Å². The predicted octanol–water partition coefficient (Wildman–Crippen LogP) is 6.46. The number of aliphatic hydroxyl groups excluding tert-OH is 1. The Hall–Kier alpha value is -6.30. The van der Waals surface area contributed by atoms with E-state index in [1.54, 1.807) is 56.4 Å². The highest BCUT2D eigenvalue weighted by Gasteiger charge is 2.38. The van der Waals surface area contributed by atoms with Crippen molar-refractivity contribution in [2.24, 2.45) is 12.5 Å². The summed E-state index contributed by atoms with van der Waals surface area (Å²) in [6.45, 7) is 20.4. The number of piperazine rings is 1. The van der Waals surface area contributed by atoms with Gasteiger partial charge in [-0.1, -0.05) is 20.4 Å². The van der Waals surface area contributed by atoms with Gasteiger partial charge in [0, 0.05) is 106 Å². The van der Waals surface area contributed by atoms with Crippen molar-refractivity contribution in [2.45, 2.75) is 103 Å². The molecule has 1 atom stereocenters. The highest BCUT2D eigenvalue weighted by atomic mass is 32.2. The molecule has 5 aromatic rings. The van der Waals surface area contributed by atoms with Gasteiger partial charge in [-0.25, -0.2) is 18.4 Å². The molecule has 17 heteroatoms. The van der Waals surface area contributed by atoms with E-state index in [-0.39, 0.29) is 34.6 Å². The Kier molecular flexibility index (Phi) is 12.8. The lowest BCUT2D eigenvalue weighted by molar-refractivity contribution is -0.111. The number of hydrogen-bond acceptors (Lipinski definition) is 12. The van der Waals surface area contributed by atoms with Crippen LogP contribution in [-0.2, 0) is 47.7 Å². The minimum Gasteiger partial charge on any atom is -0.392 e. The number of nitrogens with one attached hydrogen (secondary N) is 2. The number of hydrogen-bond donors (Lipinski definition) is 3. The normalized spacial score (nSPS) is 18.7. The predicted molar refractivity (Wildman–Crippen MR) is 272 cm³/mol. The van der Waals surface area contributed by atoms with Gasteiger partial charge >= 0.3 is 0 Å². The smallest absolute Gasteiger partial charge is 0.293 e. The summed E-state index contributed by atoms with van der Waals surface area (Å²) in [4.78, 5) is 59.3. The maximum absolute atomic E-state index is 14.1. The molecule has 3 N–H and O–H groups in total. The number of benzene rings is 2. The number of pyridine rings is 1. The molecule has 69 heavy (non-hydrogen) atoms. The second kappa shape index (κ2) is 18.6. The molecular weight excluding hydrogens is 893 g/mol. The standard InChI is InChI=1S/C52H64N10O6S/c1-9-47(64)55-41-26-36(10-12-43(41)60-21-20-59(29-34(60)5)37-15-18-58(19-16-37)38-11-13-46(33(4)24-38)69(67,68)32(2)3)54-48-51(66)57(8)30-42(56-48)39-14-17-53-49(40(39)31-63)62-23-22-61-44(50(62)65)25-35-27-52(6,7)28-45(35)61/h9-14,17,24-26,30,32,34,37,63H,1,15-16,18-23,27-29,31H2,2-8H3,(H,54,56)(H,55,64)/t34-/m0/s1. The lowest BCUT2D eigenvalue weighted by Gasteiger charge is -2.47. The fourth-order valence-corrected chi connectivity index (χ4v) is 12.2. The third kappa shape index (κ3) is 9.07. The molecule has 2 amide bonds. The molecule has 4 aliphatic rings. The van der Waals surface area contributed by atoms with Crippen LogP contribution in [0.25, 0.3) is 11.3 Å². The average molecular weight is 957 g/mol. The van der Waals surface area contributed by atoms with Gasteiger partial charge in [0.25, 0.3) is 11.5 Å². The largest absolute Gasteiger partial charge is 0.392 e. The van der Waals surface area contributed by atoms with Crippen molar-refractivity contribution >= 4 is 56.0 Å². The number of anilines is 6. The van der Waals surface area contributed by atoms with E-state index in [1.807, 2.05) is 37.3 Å². The lowest BCUT2D eigenvalue weighted by atomic mass is 9.90. The van der Waals surface area contributed by atoms with Crippen LogP contribution >= 0.6 is 0 Å². The van der Waals surface area contributed by atoms with E-state index >= 15 is 0 Å². The van der Waals surface area contributed by atoms with Gasteiger partial charge in [0.1, 0.15) is 11.5 Å². The number of piperidine rings is 1. The number of carbonyl (C=O) groups is 2. The number of sulfone groups is 1. The van der Waals surface area contributed by atoms with E-state index in [9.17, 15) is 27.9 Å². The summed E-state index contributed by atoms with van der Waals surface area (Å²) in [5.74, 6) is -0.145. The van der Waals surface area contributed by atoms with Crippen molar-refractivity contribution < 1.29 is 23.1 Å². The maximum atomic E-state index is 14.1. The van der Waals surface area contributed by atoms with Crippen molar-refractivity contribution in [3.05, 3.63) is 112 Å². The zero-order valence-corrected chi connectivity index (χ0v) is 41.6. The van der Waals surface area contributed by atoms with E-state index < -0.39 is 21.7 Å². The van der Waals surface area contributed by atoms with Gasteiger partial charge < -0.3 is 34.7 Å². The number of aromatic nitrogens is 4. The SMILES string of the molecule is C=CC(=O)Nc1cc(Nc2nc(-c3ccnc(N4CCn5c(cc6c5CC(C)(C)C6)C4=O)c3CO)cn(C)c2=O)ccc1N1CCN(C2CCN(c3ccc(S(=O)(=O)C(C)C)c(C)c3)CC2)C[C@@H]1C. The number of aliphatic hydroxyl groups is 1. The fourth-order valence-electron chi connectivity index (χ4n) is 10.9. The molecule has 9 rings (SSSR count). The molecule has 3 aliphatic heterocycles. The van der Waals surface area contributed by atoms with Crippen LogP contribution in [0.15, 0.2) is 83.3 Å². The molecular formula is C52H64N10O6S. The highest BCUT2D eigenvalue weighted by Crippen LogP contribution is 2.41. The fraction of sp³-hybridized carbons (Fsp3) is 0.442. The number of rotatable bonds is 12. The van der Waals surface area contributed by atoms with Gasteiger partial charge in [-0.3, -0.25) is 24.2 Å². The van der Waals surface area contributed by atoms with Gasteiger partial charge in [-0.15, -0.1) is 0 Å². The number of carbonyl (C=O) groups excluding carboxylic acids is 2. The van der Waals surface area contributed by atoms with Crippen LogP contribution in [0.5, 0.6) is 0 Å². The summed E-state index contributed by atoms with van der Waals surface area (Å²) in [5, 5.41) is 16.6. The van der Waals surface area contributed by atoms with Gasteiger partial charge in [0.05, 0.1) is 33.8 Å². The Morgan fingerprint density at radius 2 is 1.77 bits per heavy atom. The second-order valence-electron chi connectivity index (χ2n) is 20.2. The lowest BCUT2D eigenvalue weighted by Crippen LogP contribution is -2.57. The molecule has 16 nitrogen and oxygen atoms in total. The zero-order chi connectivity index (χ0) is 49.1. The van der Waals surface area contributed by atoms with Crippen LogP contribution in [0.1, 0.15) is 80.3 Å². The van der Waals surface area contributed by atoms with Crippen LogP contribution in [0.3, 0.4) is 0 Å². The van der Waals surface area contributed by atoms with Crippen molar-refractivity contribution in [3.8, 4) is 11.3 Å². The molecule has 0 saturated carbocycles. The molecule has 0 unspecified atom stereocenters. The Balaban J connectivity index is 0.904. The second-order valence-corrected chi connectivity index (χ2v) is 22.7. The van der Waals surface area contributed by atoms with E-state index in [4.69, 9.17) is 4.98 Å². The summed E-state index contributed by atoms with van der Waals surface area (Å²) in [7, 11) is -1.72. The van der Waals surface area contributed by atoms with Crippen LogP contribution < -0.4 is 30.9 Å². The van der Waals surface area contributed by atoms with Crippen LogP contribution in [0.2, 0.25) is 0 Å². The minimum atomic E-state index is -3.35. The Morgan fingerprint density at radius 1 is 1.00 bits per heavy atom. The monoisotopic (exact) mass is 956 g/mol.